The molecule has 2 aromatic carbocycles. The van der Waals surface area contributed by atoms with E-state index in [-0.39, 0.29) is 0 Å². The summed E-state index contributed by atoms with van der Waals surface area (Å²) in [5.74, 6) is -1.81. The average Bonchev–Trinajstić information content (AvgIpc) is 2.53. The maximum Gasteiger partial charge on any atom is 0.329 e. The lowest BCUT2D eigenvalue weighted by molar-refractivity contribution is -0.136. The number of para-hydroxylation sites is 1. The molecule has 0 aliphatic rings. The summed E-state index contributed by atoms with van der Waals surface area (Å²) in [6.45, 7) is 0. The molecule has 2 amide bonds. The van der Waals surface area contributed by atoms with Gasteiger partial charge in [0.2, 0.25) is 0 Å². The third-order valence-corrected chi connectivity index (χ3v) is 3.72. The van der Waals surface area contributed by atoms with Crippen LogP contribution < -0.4 is 10.7 Å². The molecule has 0 aliphatic carbocycles. The summed E-state index contributed by atoms with van der Waals surface area (Å²) in [5.41, 5.74) is 3.06. The zero-order valence-corrected chi connectivity index (χ0v) is 13.8. The molecule has 0 fully saturated rings. The second-order valence-electron chi connectivity index (χ2n) is 4.31. The van der Waals surface area contributed by atoms with E-state index in [0.717, 1.165) is 0 Å². The normalized spacial score (nSPS) is 10.6. The van der Waals surface area contributed by atoms with Gasteiger partial charge in [-0.1, -0.05) is 53.0 Å². The molecule has 0 aliphatic heterocycles. The minimum atomic E-state index is -0.929. The molecule has 5 nitrogen and oxygen atoms in total. The summed E-state index contributed by atoms with van der Waals surface area (Å²) in [6, 6.07) is 11.4. The number of halogens is 3. The van der Waals surface area contributed by atoms with Crippen molar-refractivity contribution in [1.82, 2.24) is 5.43 Å². The smallest absolute Gasteiger partial charge is 0.316 e. The lowest BCUT2D eigenvalue weighted by Gasteiger charge is -2.05. The maximum absolute atomic E-state index is 11.7. The van der Waals surface area contributed by atoms with Crippen LogP contribution in [0.15, 0.2) is 47.6 Å². The summed E-state index contributed by atoms with van der Waals surface area (Å²) in [5, 5.41) is 7.15. The molecule has 8 heteroatoms. The van der Waals surface area contributed by atoms with Crippen molar-refractivity contribution in [3.05, 3.63) is 63.1 Å². The molecule has 0 heterocycles. The predicted molar refractivity (Wildman–Crippen MR) is 92.3 cm³/mol. The number of benzene rings is 2. The van der Waals surface area contributed by atoms with E-state index < -0.39 is 11.8 Å². The second kappa shape index (κ2) is 7.97. The average molecular weight is 371 g/mol. The standard InChI is InChI=1S/C15H10Cl3N3O2/c16-10-6-5-9(7-12(10)18)8-19-21-15(23)14(22)20-13-4-2-1-3-11(13)17/h1-8H,(H,20,22)(H,21,23)/b19-8-. The molecule has 2 rings (SSSR count). The molecule has 2 aromatic rings. The Kier molecular flexibility index (Phi) is 5.98. The zero-order valence-electron chi connectivity index (χ0n) is 11.5. The number of hydrogen-bond donors (Lipinski definition) is 2. The molecule has 0 saturated carbocycles. The van der Waals surface area contributed by atoms with E-state index in [1.807, 2.05) is 0 Å². The summed E-state index contributed by atoms with van der Waals surface area (Å²) in [6.07, 6.45) is 1.34. The van der Waals surface area contributed by atoms with Gasteiger partial charge in [0.05, 0.1) is 27.0 Å². The molecular formula is C15H10Cl3N3O2. The van der Waals surface area contributed by atoms with Crippen LogP contribution in [0, 0.1) is 0 Å². The predicted octanol–water partition coefficient (Wildman–Crippen LogP) is 3.74. The number of nitrogens with one attached hydrogen (secondary N) is 2. The Balaban J connectivity index is 1.93. The Morgan fingerprint density at radius 3 is 2.35 bits per heavy atom. The van der Waals surface area contributed by atoms with Crippen LogP contribution in [0.25, 0.3) is 0 Å². The zero-order chi connectivity index (χ0) is 16.8. The first kappa shape index (κ1) is 17.3. The van der Waals surface area contributed by atoms with Gasteiger partial charge in [0.15, 0.2) is 0 Å². The van der Waals surface area contributed by atoms with E-state index in [1.165, 1.54) is 6.21 Å². The molecular weight excluding hydrogens is 361 g/mol. The number of nitrogens with zero attached hydrogens (tertiary/aromatic N) is 1. The van der Waals surface area contributed by atoms with Gasteiger partial charge < -0.3 is 5.32 Å². The van der Waals surface area contributed by atoms with Crippen molar-refractivity contribution in [3.63, 3.8) is 0 Å². The fourth-order valence-electron chi connectivity index (χ4n) is 1.55. The Labute approximate surface area is 147 Å². The first-order chi connectivity index (χ1) is 11.0. The summed E-state index contributed by atoms with van der Waals surface area (Å²) >= 11 is 17.5. The molecule has 0 atom stereocenters. The van der Waals surface area contributed by atoms with Gasteiger partial charge in [-0.2, -0.15) is 5.10 Å². The Morgan fingerprint density at radius 1 is 0.913 bits per heavy atom. The van der Waals surface area contributed by atoms with Crippen LogP contribution in [-0.4, -0.2) is 18.0 Å². The molecule has 0 saturated heterocycles. The molecule has 0 radical (unpaired) electrons. The van der Waals surface area contributed by atoms with Crippen molar-refractivity contribution in [2.75, 3.05) is 5.32 Å². The number of hydrogen-bond acceptors (Lipinski definition) is 3. The Bertz CT molecular complexity index is 778. The van der Waals surface area contributed by atoms with Crippen molar-refractivity contribution >= 4 is 58.5 Å². The number of anilines is 1. The van der Waals surface area contributed by atoms with Crippen molar-refractivity contribution in [1.29, 1.82) is 0 Å². The number of amides is 2. The molecule has 0 aromatic heterocycles. The lowest BCUT2D eigenvalue weighted by Crippen LogP contribution is -2.32. The molecule has 0 spiro atoms. The van der Waals surface area contributed by atoms with Gasteiger partial charge in [-0.25, -0.2) is 5.43 Å². The van der Waals surface area contributed by atoms with E-state index >= 15 is 0 Å². The van der Waals surface area contributed by atoms with E-state index in [4.69, 9.17) is 34.8 Å². The van der Waals surface area contributed by atoms with Crippen LogP contribution >= 0.6 is 34.8 Å². The van der Waals surface area contributed by atoms with Gasteiger partial charge in [0.1, 0.15) is 0 Å². The van der Waals surface area contributed by atoms with E-state index in [2.05, 4.69) is 15.8 Å². The number of rotatable bonds is 3. The van der Waals surface area contributed by atoms with Gasteiger partial charge in [-0.3, -0.25) is 9.59 Å². The van der Waals surface area contributed by atoms with Crippen LogP contribution in [-0.2, 0) is 9.59 Å². The fraction of sp³-hybridized carbons (Fsp3) is 0. The topological polar surface area (TPSA) is 70.6 Å². The number of hydrazone groups is 1. The highest BCUT2D eigenvalue weighted by Crippen LogP contribution is 2.22. The highest BCUT2D eigenvalue weighted by Gasteiger charge is 2.14. The fourth-order valence-corrected chi connectivity index (χ4v) is 2.04. The van der Waals surface area contributed by atoms with E-state index in [1.54, 1.807) is 42.5 Å². The lowest BCUT2D eigenvalue weighted by atomic mass is 10.2. The van der Waals surface area contributed by atoms with Gasteiger partial charge in [0, 0.05) is 0 Å². The van der Waals surface area contributed by atoms with Gasteiger partial charge in [-0.05, 0) is 29.8 Å². The minimum absolute atomic E-state index is 0.327. The molecule has 2 N–H and O–H groups in total. The van der Waals surface area contributed by atoms with Crippen molar-refractivity contribution < 1.29 is 9.59 Å². The second-order valence-corrected chi connectivity index (χ2v) is 5.53. The SMILES string of the molecule is O=C(N/N=C\c1ccc(Cl)c(Cl)c1)C(=O)Nc1ccccc1Cl. The molecule has 118 valence electrons. The maximum atomic E-state index is 11.7. The van der Waals surface area contributed by atoms with Crippen molar-refractivity contribution in [2.24, 2.45) is 5.10 Å². The van der Waals surface area contributed by atoms with Crippen LogP contribution in [0.3, 0.4) is 0 Å². The van der Waals surface area contributed by atoms with Gasteiger partial charge >= 0.3 is 11.8 Å². The minimum Gasteiger partial charge on any atom is -0.316 e. The van der Waals surface area contributed by atoms with Gasteiger partial charge in [0.25, 0.3) is 0 Å². The van der Waals surface area contributed by atoms with Gasteiger partial charge in [-0.15, -0.1) is 0 Å². The summed E-state index contributed by atoms with van der Waals surface area (Å²) in [4.78, 5) is 23.4. The van der Waals surface area contributed by atoms with E-state index in [9.17, 15) is 9.59 Å². The highest BCUT2D eigenvalue weighted by atomic mass is 35.5. The summed E-state index contributed by atoms with van der Waals surface area (Å²) < 4.78 is 0. The van der Waals surface area contributed by atoms with Crippen LogP contribution in [0.2, 0.25) is 15.1 Å². The van der Waals surface area contributed by atoms with Crippen molar-refractivity contribution in [2.45, 2.75) is 0 Å². The third kappa shape index (κ3) is 4.96. The number of carbonyl (C=O) groups excluding carboxylic acids is 2. The molecule has 23 heavy (non-hydrogen) atoms. The van der Waals surface area contributed by atoms with Crippen LogP contribution in [0.1, 0.15) is 5.56 Å². The quantitative estimate of drug-likeness (QED) is 0.491. The summed E-state index contributed by atoms with van der Waals surface area (Å²) in [7, 11) is 0. The van der Waals surface area contributed by atoms with Crippen LogP contribution in [0.5, 0.6) is 0 Å². The largest absolute Gasteiger partial charge is 0.329 e. The monoisotopic (exact) mass is 369 g/mol. The Hall–Kier alpha value is -2.08. The first-order valence-corrected chi connectivity index (χ1v) is 7.44. The first-order valence-electron chi connectivity index (χ1n) is 6.31. The van der Waals surface area contributed by atoms with Crippen molar-refractivity contribution in [3.8, 4) is 0 Å². The number of carbonyl (C=O) groups is 2. The highest BCUT2D eigenvalue weighted by molar-refractivity contribution is 6.42. The van der Waals surface area contributed by atoms with Crippen LogP contribution in [0.4, 0.5) is 5.69 Å². The van der Waals surface area contributed by atoms with E-state index in [0.29, 0.717) is 26.3 Å². The Morgan fingerprint density at radius 2 is 1.65 bits per heavy atom. The third-order valence-electron chi connectivity index (χ3n) is 2.65. The molecule has 0 unspecified atom stereocenters. The molecule has 0 bridgehead atoms.